The van der Waals surface area contributed by atoms with Crippen LogP contribution in [0.2, 0.25) is 5.02 Å². The minimum absolute atomic E-state index is 0.0291. The third-order valence-electron chi connectivity index (χ3n) is 6.22. The number of nitrogens with zero attached hydrogens (tertiary/aromatic N) is 4. The summed E-state index contributed by atoms with van der Waals surface area (Å²) >= 11 is 6.20. The number of morpholine rings is 1. The van der Waals surface area contributed by atoms with Crippen LogP contribution in [-0.2, 0) is 22.4 Å². The van der Waals surface area contributed by atoms with Crippen LogP contribution in [-0.4, -0.2) is 65.0 Å². The van der Waals surface area contributed by atoms with Crippen molar-refractivity contribution in [1.82, 2.24) is 19.2 Å². The highest BCUT2D eigenvalue weighted by atomic mass is 35.5. The van der Waals surface area contributed by atoms with Crippen LogP contribution in [0.15, 0.2) is 47.3 Å². The smallest absolute Gasteiger partial charge is 0.355 e. The molecule has 0 amide bonds. The third-order valence-corrected chi connectivity index (χ3v) is 6.46. The van der Waals surface area contributed by atoms with Gasteiger partial charge in [0.15, 0.2) is 0 Å². The maximum absolute atomic E-state index is 13.6. The second-order valence-electron chi connectivity index (χ2n) is 9.44. The molecule has 4 rings (SSSR count). The Bertz CT molecular complexity index is 1260. The summed E-state index contributed by atoms with van der Waals surface area (Å²) in [7, 11) is 1.63. The van der Waals surface area contributed by atoms with Crippen LogP contribution in [0.5, 0.6) is 5.75 Å². The minimum atomic E-state index is -0.368. The van der Waals surface area contributed by atoms with E-state index in [0.29, 0.717) is 34.4 Å². The summed E-state index contributed by atoms with van der Waals surface area (Å²) in [5, 5.41) is 5.08. The molecule has 1 saturated heterocycles. The summed E-state index contributed by atoms with van der Waals surface area (Å²) in [5.41, 5.74) is 1.83. The van der Waals surface area contributed by atoms with E-state index in [-0.39, 0.29) is 23.8 Å². The maximum atomic E-state index is 13.6. The summed E-state index contributed by atoms with van der Waals surface area (Å²) in [6, 6.07) is 12.7. The van der Waals surface area contributed by atoms with Crippen LogP contribution >= 0.6 is 11.6 Å². The fourth-order valence-electron chi connectivity index (χ4n) is 4.44. The van der Waals surface area contributed by atoms with Crippen LogP contribution in [0.4, 0.5) is 0 Å². The molecule has 1 fully saturated rings. The van der Waals surface area contributed by atoms with Crippen molar-refractivity contribution in [2.45, 2.75) is 33.1 Å². The fraction of sp³-hybridized carbons (Fsp3) is 0.444. The number of Topliss-reactive ketones (excluding diaryl/α,β-unsaturated/α-hetero) is 1. The number of hydrogen-bond donors (Lipinski definition) is 0. The molecule has 0 radical (unpaired) electrons. The van der Waals surface area contributed by atoms with Gasteiger partial charge in [0.1, 0.15) is 17.4 Å². The van der Waals surface area contributed by atoms with Gasteiger partial charge in [-0.25, -0.2) is 9.36 Å². The second-order valence-corrected chi connectivity index (χ2v) is 9.88. The van der Waals surface area contributed by atoms with Gasteiger partial charge in [-0.1, -0.05) is 37.6 Å². The van der Waals surface area contributed by atoms with Gasteiger partial charge in [-0.2, -0.15) is 4.68 Å². The topological polar surface area (TPSA) is 78.6 Å². The highest BCUT2D eigenvalue weighted by Crippen LogP contribution is 2.24. The van der Waals surface area contributed by atoms with Crippen LogP contribution in [0.1, 0.15) is 31.7 Å². The molecule has 1 aromatic heterocycles. The monoisotopic (exact) mass is 512 g/mol. The molecule has 0 bridgehead atoms. The molecule has 0 unspecified atom stereocenters. The summed E-state index contributed by atoms with van der Waals surface area (Å²) < 4.78 is 13.9. The molecule has 2 heterocycles. The average molecular weight is 513 g/mol. The van der Waals surface area contributed by atoms with Gasteiger partial charge in [0.2, 0.25) is 0 Å². The molecule has 1 aliphatic rings. The number of rotatable bonds is 10. The Kier molecular flexibility index (Phi) is 8.61. The van der Waals surface area contributed by atoms with E-state index in [1.54, 1.807) is 31.4 Å². The lowest BCUT2D eigenvalue weighted by Crippen LogP contribution is -2.37. The van der Waals surface area contributed by atoms with Crippen LogP contribution in [0.3, 0.4) is 0 Å². The SMILES string of the molecule is COc1cc(-n2nc(CC(=O)CC(C)C)n(-c3cccc(Cl)c3)c2=O)ccc1CCN1CCOCC1. The molecule has 8 nitrogen and oxygen atoms in total. The molecule has 0 atom stereocenters. The van der Waals surface area contributed by atoms with E-state index < -0.39 is 0 Å². The average Bonchev–Trinajstić information content (AvgIpc) is 3.18. The number of benzene rings is 2. The summed E-state index contributed by atoms with van der Waals surface area (Å²) in [5.74, 6) is 1.33. The lowest BCUT2D eigenvalue weighted by atomic mass is 10.1. The molecule has 0 spiro atoms. The number of hydrogen-bond acceptors (Lipinski definition) is 6. The zero-order valence-electron chi connectivity index (χ0n) is 21.1. The molecule has 0 saturated carbocycles. The number of ether oxygens (including phenoxy) is 2. The Labute approximate surface area is 216 Å². The van der Waals surface area contributed by atoms with Crippen molar-refractivity contribution in [3.63, 3.8) is 0 Å². The fourth-order valence-corrected chi connectivity index (χ4v) is 4.63. The largest absolute Gasteiger partial charge is 0.496 e. The second kappa shape index (κ2) is 11.9. The molecule has 0 N–H and O–H groups in total. The number of methoxy groups -OCH3 is 1. The van der Waals surface area contributed by atoms with Crippen LogP contribution in [0.25, 0.3) is 11.4 Å². The first-order valence-corrected chi connectivity index (χ1v) is 12.7. The van der Waals surface area contributed by atoms with Crippen molar-refractivity contribution in [3.05, 3.63) is 69.4 Å². The highest BCUT2D eigenvalue weighted by molar-refractivity contribution is 6.30. The van der Waals surface area contributed by atoms with Crippen molar-refractivity contribution in [2.75, 3.05) is 40.0 Å². The lowest BCUT2D eigenvalue weighted by Gasteiger charge is -2.26. The Morgan fingerprint density at radius 1 is 1.14 bits per heavy atom. The number of halogens is 1. The van der Waals surface area contributed by atoms with Crippen molar-refractivity contribution in [3.8, 4) is 17.1 Å². The third kappa shape index (κ3) is 6.24. The van der Waals surface area contributed by atoms with Gasteiger partial charge in [-0.05, 0) is 42.2 Å². The van der Waals surface area contributed by atoms with Crippen molar-refractivity contribution < 1.29 is 14.3 Å². The Morgan fingerprint density at radius 3 is 2.61 bits per heavy atom. The number of ketones is 1. The minimum Gasteiger partial charge on any atom is -0.496 e. The van der Waals surface area contributed by atoms with E-state index in [1.807, 2.05) is 32.0 Å². The number of carbonyl (C=O) groups excluding carboxylic acids is 1. The molecule has 1 aliphatic heterocycles. The van der Waals surface area contributed by atoms with Crippen molar-refractivity contribution in [2.24, 2.45) is 5.92 Å². The first-order valence-electron chi connectivity index (χ1n) is 12.3. The van der Waals surface area contributed by atoms with Gasteiger partial charge in [0.25, 0.3) is 0 Å². The predicted octanol–water partition coefficient (Wildman–Crippen LogP) is 3.72. The van der Waals surface area contributed by atoms with E-state index >= 15 is 0 Å². The van der Waals surface area contributed by atoms with E-state index in [4.69, 9.17) is 21.1 Å². The number of aromatic nitrogens is 3. The maximum Gasteiger partial charge on any atom is 0.355 e. The normalized spacial score (nSPS) is 14.4. The van der Waals surface area contributed by atoms with Crippen LogP contribution in [0, 0.1) is 5.92 Å². The molecular weight excluding hydrogens is 480 g/mol. The Hall–Kier alpha value is -2.94. The first-order chi connectivity index (χ1) is 17.4. The molecule has 0 aliphatic carbocycles. The summed E-state index contributed by atoms with van der Waals surface area (Å²) in [6.45, 7) is 8.27. The van der Waals surface area contributed by atoms with Gasteiger partial charge in [-0.15, -0.1) is 5.10 Å². The van der Waals surface area contributed by atoms with Crippen LogP contribution < -0.4 is 10.4 Å². The Morgan fingerprint density at radius 2 is 1.92 bits per heavy atom. The van der Waals surface area contributed by atoms with Gasteiger partial charge in [0.05, 0.1) is 38.1 Å². The lowest BCUT2D eigenvalue weighted by molar-refractivity contribution is -0.119. The van der Waals surface area contributed by atoms with Gasteiger partial charge in [0, 0.05) is 37.1 Å². The highest BCUT2D eigenvalue weighted by Gasteiger charge is 2.20. The summed E-state index contributed by atoms with van der Waals surface area (Å²) in [6.07, 6.45) is 1.30. The van der Waals surface area contributed by atoms with Gasteiger partial charge < -0.3 is 9.47 Å². The molecule has 192 valence electrons. The zero-order chi connectivity index (χ0) is 25.7. The molecule has 9 heteroatoms. The van der Waals surface area contributed by atoms with E-state index in [9.17, 15) is 9.59 Å². The molecular formula is C27H33ClN4O4. The number of carbonyl (C=O) groups is 1. The standard InChI is InChI=1S/C27H33ClN4O4/c1-19(2)15-24(33)18-26-29-32(27(34)31(26)22-6-4-5-21(28)16-22)23-8-7-20(25(17-23)35-3)9-10-30-11-13-36-14-12-30/h4-8,16-17,19H,9-15,18H2,1-3H3. The zero-order valence-corrected chi connectivity index (χ0v) is 21.8. The van der Waals surface area contributed by atoms with E-state index in [1.165, 1.54) is 9.25 Å². The summed E-state index contributed by atoms with van der Waals surface area (Å²) in [4.78, 5) is 28.6. The van der Waals surface area contributed by atoms with E-state index in [0.717, 1.165) is 44.8 Å². The van der Waals surface area contributed by atoms with Crippen molar-refractivity contribution in [1.29, 1.82) is 0 Å². The van der Waals surface area contributed by atoms with Gasteiger partial charge >= 0.3 is 5.69 Å². The molecule has 2 aromatic carbocycles. The Balaban J connectivity index is 1.67. The van der Waals surface area contributed by atoms with Crippen molar-refractivity contribution >= 4 is 17.4 Å². The quantitative estimate of drug-likeness (QED) is 0.412. The van der Waals surface area contributed by atoms with E-state index in [2.05, 4.69) is 10.00 Å². The van der Waals surface area contributed by atoms with Gasteiger partial charge in [-0.3, -0.25) is 9.69 Å². The molecule has 36 heavy (non-hydrogen) atoms. The first kappa shape index (κ1) is 26.1. The molecule has 3 aromatic rings. The predicted molar refractivity (Wildman–Crippen MR) is 140 cm³/mol.